The van der Waals surface area contributed by atoms with Gasteiger partial charge in [-0.2, -0.15) is 0 Å². The van der Waals surface area contributed by atoms with Crippen molar-refractivity contribution in [2.75, 3.05) is 19.9 Å². The number of hydrogen-bond donors (Lipinski definition) is 2. The van der Waals surface area contributed by atoms with Gasteiger partial charge in [-0.15, -0.1) is 0 Å². The van der Waals surface area contributed by atoms with Gasteiger partial charge in [-0.3, -0.25) is 5.73 Å². The van der Waals surface area contributed by atoms with Crippen LogP contribution in [0.5, 0.6) is 5.75 Å². The normalized spacial score (nSPS) is 11.0. The highest BCUT2D eigenvalue weighted by atomic mass is 16.5. The molecular formula is C16H16N2O4. The molecule has 22 heavy (non-hydrogen) atoms. The second kappa shape index (κ2) is 6.05. The lowest BCUT2D eigenvalue weighted by atomic mass is 10.1. The molecule has 6 heteroatoms. The van der Waals surface area contributed by atoms with Gasteiger partial charge in [0.15, 0.2) is 0 Å². The van der Waals surface area contributed by atoms with Crippen LogP contribution in [0.4, 0.5) is 0 Å². The van der Waals surface area contributed by atoms with E-state index < -0.39 is 5.97 Å². The van der Waals surface area contributed by atoms with Crippen molar-refractivity contribution in [2.24, 2.45) is 5.73 Å². The average Bonchev–Trinajstić information content (AvgIpc) is 2.87. The van der Waals surface area contributed by atoms with E-state index in [2.05, 4.69) is 0 Å². The van der Waals surface area contributed by atoms with Crippen molar-refractivity contribution in [1.29, 1.82) is 0 Å². The Kier molecular flexibility index (Phi) is 3.95. The van der Waals surface area contributed by atoms with Gasteiger partial charge in [0.2, 0.25) is 0 Å². The van der Waals surface area contributed by atoms with Crippen LogP contribution in [0.2, 0.25) is 0 Å². The first-order chi connectivity index (χ1) is 10.8. The molecule has 3 N–H and O–H groups in total. The third-order valence-electron chi connectivity index (χ3n) is 3.39. The van der Waals surface area contributed by atoms with Crippen molar-refractivity contribution in [3.63, 3.8) is 0 Å². The van der Waals surface area contributed by atoms with Crippen molar-refractivity contribution in [1.82, 2.24) is 4.40 Å². The van der Waals surface area contributed by atoms with Gasteiger partial charge in [0.05, 0.1) is 23.2 Å². The number of aliphatic hydroxyl groups is 1. The third kappa shape index (κ3) is 2.38. The number of benzene rings is 1. The second-order valence-corrected chi connectivity index (χ2v) is 4.68. The number of rotatable bonds is 5. The van der Waals surface area contributed by atoms with E-state index in [1.54, 1.807) is 6.07 Å². The van der Waals surface area contributed by atoms with Gasteiger partial charge in [-0.1, -0.05) is 6.07 Å². The minimum absolute atomic E-state index is 0.0289. The number of hydrogen-bond acceptors (Lipinski definition) is 5. The first-order valence-corrected chi connectivity index (χ1v) is 6.90. The number of aliphatic hydroxyl groups excluding tert-OH is 1. The number of esters is 1. The van der Waals surface area contributed by atoms with Crippen LogP contribution >= 0.6 is 0 Å². The predicted octanol–water partition coefficient (Wildman–Crippen LogP) is 1.54. The molecule has 0 fully saturated rings. The molecule has 0 atom stereocenters. The zero-order valence-corrected chi connectivity index (χ0v) is 11.9. The van der Waals surface area contributed by atoms with E-state index in [0.717, 1.165) is 16.4 Å². The van der Waals surface area contributed by atoms with Crippen molar-refractivity contribution < 1.29 is 19.4 Å². The van der Waals surface area contributed by atoms with Crippen LogP contribution in [0, 0.1) is 0 Å². The van der Waals surface area contributed by atoms with Gasteiger partial charge in [0, 0.05) is 17.6 Å². The Labute approximate surface area is 126 Å². The standard InChI is InChI=1S/C16H16N2O4/c17-10-22-11-4-5-12-14(9-11)18-6-2-1-3-13(18)15(12)16(20)21-8-7-19/h1-6,9,19H,7-8,10,17H2. The van der Waals surface area contributed by atoms with E-state index in [4.69, 9.17) is 20.3 Å². The molecular weight excluding hydrogens is 284 g/mol. The summed E-state index contributed by atoms with van der Waals surface area (Å²) < 4.78 is 12.3. The van der Waals surface area contributed by atoms with Crippen molar-refractivity contribution in [2.45, 2.75) is 0 Å². The lowest BCUT2D eigenvalue weighted by Gasteiger charge is -2.03. The summed E-state index contributed by atoms with van der Waals surface area (Å²) in [6.45, 7) is -0.150. The van der Waals surface area contributed by atoms with Crippen LogP contribution in [-0.2, 0) is 4.74 Å². The maximum absolute atomic E-state index is 12.3. The molecule has 1 aromatic carbocycles. The largest absolute Gasteiger partial charge is 0.479 e. The SMILES string of the molecule is NCOc1ccc2c(C(=O)OCCO)c3ccccn3c2c1. The lowest BCUT2D eigenvalue weighted by Crippen LogP contribution is -2.09. The summed E-state index contributed by atoms with van der Waals surface area (Å²) in [6.07, 6.45) is 1.87. The van der Waals surface area contributed by atoms with Crippen molar-refractivity contribution >= 4 is 22.4 Å². The molecule has 2 heterocycles. The molecule has 2 aromatic heterocycles. The minimum Gasteiger partial charge on any atom is -0.479 e. The zero-order valence-electron chi connectivity index (χ0n) is 11.9. The number of carbonyl (C=O) groups excluding carboxylic acids is 1. The van der Waals surface area contributed by atoms with Gasteiger partial charge in [0.1, 0.15) is 19.1 Å². The number of nitrogens with two attached hydrogens (primary N) is 1. The van der Waals surface area contributed by atoms with Crippen molar-refractivity contribution in [3.05, 3.63) is 48.2 Å². The Balaban J connectivity index is 2.22. The Hall–Kier alpha value is -2.57. The summed E-state index contributed by atoms with van der Waals surface area (Å²) in [5.74, 6) is 0.175. The van der Waals surface area contributed by atoms with E-state index in [1.165, 1.54) is 0 Å². The topological polar surface area (TPSA) is 86.2 Å². The smallest absolute Gasteiger partial charge is 0.341 e. The molecule has 0 bridgehead atoms. The molecule has 0 spiro atoms. The predicted molar refractivity (Wildman–Crippen MR) is 82.0 cm³/mol. The van der Waals surface area contributed by atoms with Crippen LogP contribution in [0.3, 0.4) is 0 Å². The van der Waals surface area contributed by atoms with Gasteiger partial charge >= 0.3 is 5.97 Å². The summed E-state index contributed by atoms with van der Waals surface area (Å²) in [7, 11) is 0. The summed E-state index contributed by atoms with van der Waals surface area (Å²) in [5, 5.41) is 9.59. The van der Waals surface area contributed by atoms with Crippen LogP contribution in [-0.4, -0.2) is 35.4 Å². The molecule has 0 aliphatic carbocycles. The maximum atomic E-state index is 12.3. The quantitative estimate of drug-likeness (QED) is 0.551. The Morgan fingerprint density at radius 1 is 1.23 bits per heavy atom. The van der Waals surface area contributed by atoms with Gasteiger partial charge in [0.25, 0.3) is 0 Å². The molecule has 0 radical (unpaired) electrons. The Bertz CT molecular complexity index is 825. The molecule has 0 unspecified atom stereocenters. The monoisotopic (exact) mass is 300 g/mol. The molecule has 0 amide bonds. The highest BCUT2D eigenvalue weighted by Gasteiger charge is 2.19. The Morgan fingerprint density at radius 3 is 2.86 bits per heavy atom. The number of nitrogens with zero attached hydrogens (tertiary/aromatic N) is 1. The fraction of sp³-hybridized carbons (Fsp3) is 0.188. The number of carbonyl (C=O) groups is 1. The fourth-order valence-electron chi connectivity index (χ4n) is 2.53. The molecule has 3 aromatic rings. The first-order valence-electron chi connectivity index (χ1n) is 6.90. The highest BCUT2D eigenvalue weighted by molar-refractivity contribution is 6.11. The summed E-state index contributed by atoms with van der Waals surface area (Å²) in [6, 6.07) is 11.0. The molecule has 0 aliphatic rings. The van der Waals surface area contributed by atoms with Gasteiger partial charge in [-0.25, -0.2) is 4.79 Å². The maximum Gasteiger partial charge on any atom is 0.341 e. The highest BCUT2D eigenvalue weighted by Crippen LogP contribution is 2.30. The number of ether oxygens (including phenoxy) is 2. The average molecular weight is 300 g/mol. The summed E-state index contributed by atoms with van der Waals surface area (Å²) in [4.78, 5) is 12.3. The number of fused-ring (bicyclic) bond motifs is 3. The molecule has 6 nitrogen and oxygen atoms in total. The number of aromatic nitrogens is 1. The third-order valence-corrected chi connectivity index (χ3v) is 3.39. The summed E-state index contributed by atoms with van der Waals surface area (Å²) in [5.41, 5.74) is 7.45. The molecule has 114 valence electrons. The fourth-order valence-corrected chi connectivity index (χ4v) is 2.53. The number of pyridine rings is 1. The van der Waals surface area contributed by atoms with Crippen LogP contribution < -0.4 is 10.5 Å². The molecule has 3 rings (SSSR count). The van der Waals surface area contributed by atoms with Gasteiger partial charge in [-0.05, 0) is 24.3 Å². The first kappa shape index (κ1) is 14.4. The van der Waals surface area contributed by atoms with Gasteiger partial charge < -0.3 is 19.0 Å². The second-order valence-electron chi connectivity index (χ2n) is 4.68. The van der Waals surface area contributed by atoms with Crippen LogP contribution in [0.25, 0.3) is 16.4 Å². The van der Waals surface area contributed by atoms with Crippen LogP contribution in [0.15, 0.2) is 42.6 Å². The lowest BCUT2D eigenvalue weighted by molar-refractivity contribution is 0.0438. The zero-order chi connectivity index (χ0) is 15.5. The van der Waals surface area contributed by atoms with E-state index in [9.17, 15) is 4.79 Å². The minimum atomic E-state index is -0.458. The molecule has 0 saturated carbocycles. The molecule has 0 aliphatic heterocycles. The van der Waals surface area contributed by atoms with E-state index in [-0.39, 0.29) is 19.9 Å². The van der Waals surface area contributed by atoms with E-state index >= 15 is 0 Å². The van der Waals surface area contributed by atoms with Crippen molar-refractivity contribution in [3.8, 4) is 5.75 Å². The summed E-state index contributed by atoms with van der Waals surface area (Å²) >= 11 is 0. The van der Waals surface area contributed by atoms with Crippen LogP contribution in [0.1, 0.15) is 10.4 Å². The van der Waals surface area contributed by atoms with E-state index in [0.29, 0.717) is 11.3 Å². The Morgan fingerprint density at radius 2 is 2.09 bits per heavy atom. The van der Waals surface area contributed by atoms with E-state index in [1.807, 2.05) is 40.9 Å². The molecule has 0 saturated heterocycles.